The Hall–Kier alpha value is -1.62. The highest BCUT2D eigenvalue weighted by Gasteiger charge is 2.23. The van der Waals surface area contributed by atoms with Gasteiger partial charge in [0.15, 0.2) is 5.76 Å². The molecule has 1 saturated heterocycles. The van der Waals surface area contributed by atoms with Gasteiger partial charge in [-0.3, -0.25) is 0 Å². The van der Waals surface area contributed by atoms with Crippen molar-refractivity contribution in [1.82, 2.24) is 15.5 Å². The third-order valence-corrected chi connectivity index (χ3v) is 4.17. The van der Waals surface area contributed by atoms with Crippen molar-refractivity contribution in [3.8, 4) is 11.6 Å². The number of aromatic nitrogens is 2. The lowest BCUT2D eigenvalue weighted by molar-refractivity contribution is 0.257. The molecule has 0 aliphatic carbocycles. The second-order valence-corrected chi connectivity index (χ2v) is 5.73. The van der Waals surface area contributed by atoms with Crippen molar-refractivity contribution in [2.75, 3.05) is 13.1 Å². The number of hydrogen-bond acceptors (Lipinski definition) is 5. The van der Waals surface area contributed by atoms with Gasteiger partial charge in [0, 0.05) is 6.42 Å². The molecule has 2 aromatic rings. The van der Waals surface area contributed by atoms with Gasteiger partial charge in [0.05, 0.1) is 6.26 Å². The zero-order valence-electron chi connectivity index (χ0n) is 12.1. The Morgan fingerprint density at radius 1 is 1.50 bits per heavy atom. The predicted octanol–water partition coefficient (Wildman–Crippen LogP) is 2.82. The van der Waals surface area contributed by atoms with Gasteiger partial charge in [-0.2, -0.15) is 4.98 Å². The maximum Gasteiger partial charge on any atom is 0.238 e. The zero-order valence-corrected chi connectivity index (χ0v) is 12.1. The van der Waals surface area contributed by atoms with Crippen LogP contribution in [0.25, 0.3) is 11.6 Å². The normalized spacial score (nSPS) is 21.0. The molecule has 0 amide bonds. The maximum atomic E-state index is 5.39. The topological polar surface area (TPSA) is 64.1 Å². The molecule has 1 aliphatic heterocycles. The molecule has 1 aliphatic rings. The van der Waals surface area contributed by atoms with Crippen molar-refractivity contribution in [1.29, 1.82) is 0 Å². The minimum Gasteiger partial charge on any atom is -0.461 e. The third-order valence-electron chi connectivity index (χ3n) is 4.17. The number of hydrogen-bond donors (Lipinski definition) is 1. The standard InChI is InChI=1S/C15H21N3O2/c1-10-5-7-19-14(10)15-17-13(20-18-15)8-11(2)12-4-3-6-16-9-12/h5,7,11-12,16H,3-4,6,8-9H2,1-2H3. The monoisotopic (exact) mass is 275 g/mol. The van der Waals surface area contributed by atoms with Crippen molar-refractivity contribution in [2.24, 2.45) is 11.8 Å². The average Bonchev–Trinajstić information content (AvgIpc) is 3.08. The van der Waals surface area contributed by atoms with Gasteiger partial charge >= 0.3 is 0 Å². The first-order valence-corrected chi connectivity index (χ1v) is 7.32. The molecule has 2 aromatic heterocycles. The number of nitrogens with one attached hydrogen (secondary N) is 1. The Morgan fingerprint density at radius 3 is 3.10 bits per heavy atom. The summed E-state index contributed by atoms with van der Waals surface area (Å²) in [6.07, 6.45) is 5.03. The van der Waals surface area contributed by atoms with E-state index < -0.39 is 0 Å². The molecule has 1 N–H and O–H groups in total. The molecule has 0 bridgehead atoms. The molecule has 0 saturated carbocycles. The number of piperidine rings is 1. The molecule has 5 nitrogen and oxygen atoms in total. The Balaban J connectivity index is 1.66. The van der Waals surface area contributed by atoms with E-state index >= 15 is 0 Å². The van der Waals surface area contributed by atoms with E-state index in [1.807, 2.05) is 13.0 Å². The first kappa shape index (κ1) is 13.4. The Kier molecular flexibility index (Phi) is 3.87. The summed E-state index contributed by atoms with van der Waals surface area (Å²) in [4.78, 5) is 4.46. The van der Waals surface area contributed by atoms with Gasteiger partial charge < -0.3 is 14.3 Å². The van der Waals surface area contributed by atoms with Crippen molar-refractivity contribution >= 4 is 0 Å². The predicted molar refractivity (Wildman–Crippen MR) is 75.2 cm³/mol. The fraction of sp³-hybridized carbons (Fsp3) is 0.600. The quantitative estimate of drug-likeness (QED) is 0.929. The van der Waals surface area contributed by atoms with Gasteiger partial charge in [0.2, 0.25) is 11.7 Å². The highest BCUT2D eigenvalue weighted by atomic mass is 16.5. The van der Waals surface area contributed by atoms with E-state index in [1.165, 1.54) is 12.8 Å². The molecule has 3 rings (SSSR count). The Morgan fingerprint density at radius 2 is 2.40 bits per heavy atom. The van der Waals surface area contributed by atoms with Gasteiger partial charge in [-0.05, 0) is 56.3 Å². The van der Waals surface area contributed by atoms with Crippen LogP contribution in [0.4, 0.5) is 0 Å². The van der Waals surface area contributed by atoms with Crippen LogP contribution in [-0.2, 0) is 6.42 Å². The van der Waals surface area contributed by atoms with Gasteiger partial charge in [-0.1, -0.05) is 12.1 Å². The molecule has 0 spiro atoms. The van der Waals surface area contributed by atoms with E-state index in [0.29, 0.717) is 29.3 Å². The van der Waals surface area contributed by atoms with Crippen LogP contribution in [-0.4, -0.2) is 23.2 Å². The van der Waals surface area contributed by atoms with E-state index in [2.05, 4.69) is 22.4 Å². The van der Waals surface area contributed by atoms with Crippen LogP contribution in [0.3, 0.4) is 0 Å². The largest absolute Gasteiger partial charge is 0.461 e. The first-order chi connectivity index (χ1) is 9.74. The lowest BCUT2D eigenvalue weighted by Gasteiger charge is -2.27. The molecule has 2 unspecified atom stereocenters. The molecular weight excluding hydrogens is 254 g/mol. The number of aryl methyl sites for hydroxylation is 1. The highest BCUT2D eigenvalue weighted by molar-refractivity contribution is 5.50. The van der Waals surface area contributed by atoms with E-state index in [4.69, 9.17) is 8.94 Å². The fourth-order valence-corrected chi connectivity index (χ4v) is 2.84. The summed E-state index contributed by atoms with van der Waals surface area (Å²) in [5.74, 6) is 3.20. The van der Waals surface area contributed by atoms with Crippen LogP contribution in [0.5, 0.6) is 0 Å². The van der Waals surface area contributed by atoms with E-state index in [-0.39, 0.29) is 0 Å². The molecule has 1 fully saturated rings. The minimum absolute atomic E-state index is 0.550. The van der Waals surface area contributed by atoms with Crippen molar-refractivity contribution in [3.63, 3.8) is 0 Å². The molecule has 0 radical (unpaired) electrons. The summed E-state index contributed by atoms with van der Waals surface area (Å²) < 4.78 is 10.8. The molecular formula is C15H21N3O2. The summed E-state index contributed by atoms with van der Waals surface area (Å²) in [6.45, 7) is 6.48. The summed E-state index contributed by atoms with van der Waals surface area (Å²) in [6, 6.07) is 1.90. The van der Waals surface area contributed by atoms with Crippen LogP contribution >= 0.6 is 0 Å². The Bertz CT molecular complexity index is 555. The molecule has 108 valence electrons. The zero-order chi connectivity index (χ0) is 13.9. The fourth-order valence-electron chi connectivity index (χ4n) is 2.84. The summed E-state index contributed by atoms with van der Waals surface area (Å²) in [7, 11) is 0. The van der Waals surface area contributed by atoms with Crippen molar-refractivity contribution in [3.05, 3.63) is 23.8 Å². The smallest absolute Gasteiger partial charge is 0.238 e. The third kappa shape index (κ3) is 2.77. The summed E-state index contributed by atoms with van der Waals surface area (Å²) in [5.41, 5.74) is 1.03. The van der Waals surface area contributed by atoms with Crippen molar-refractivity contribution < 1.29 is 8.94 Å². The minimum atomic E-state index is 0.550. The van der Waals surface area contributed by atoms with Gasteiger partial charge in [-0.15, -0.1) is 0 Å². The molecule has 5 heteroatoms. The van der Waals surface area contributed by atoms with E-state index in [9.17, 15) is 0 Å². The van der Waals surface area contributed by atoms with Gasteiger partial charge in [0.1, 0.15) is 0 Å². The van der Waals surface area contributed by atoms with Gasteiger partial charge in [0.25, 0.3) is 0 Å². The van der Waals surface area contributed by atoms with E-state index in [0.717, 1.165) is 25.1 Å². The maximum absolute atomic E-state index is 5.39. The molecule has 0 aromatic carbocycles. The second-order valence-electron chi connectivity index (χ2n) is 5.73. The average molecular weight is 275 g/mol. The SMILES string of the molecule is Cc1ccoc1-c1noc(CC(C)C2CCCNC2)n1. The first-order valence-electron chi connectivity index (χ1n) is 7.32. The van der Waals surface area contributed by atoms with Gasteiger partial charge in [-0.25, -0.2) is 0 Å². The van der Waals surface area contributed by atoms with Crippen LogP contribution in [0, 0.1) is 18.8 Å². The highest BCUT2D eigenvalue weighted by Crippen LogP contribution is 2.25. The number of nitrogens with zero attached hydrogens (tertiary/aromatic N) is 2. The van der Waals surface area contributed by atoms with Crippen LogP contribution < -0.4 is 5.32 Å². The van der Waals surface area contributed by atoms with Crippen LogP contribution in [0.15, 0.2) is 21.3 Å². The summed E-state index contributed by atoms with van der Waals surface area (Å²) >= 11 is 0. The second kappa shape index (κ2) is 5.79. The lowest BCUT2D eigenvalue weighted by Crippen LogP contribution is -2.33. The number of rotatable bonds is 4. The molecule has 20 heavy (non-hydrogen) atoms. The van der Waals surface area contributed by atoms with Crippen LogP contribution in [0.2, 0.25) is 0 Å². The molecule has 2 atom stereocenters. The van der Waals surface area contributed by atoms with Crippen molar-refractivity contribution in [2.45, 2.75) is 33.1 Å². The van der Waals surface area contributed by atoms with Crippen LogP contribution in [0.1, 0.15) is 31.2 Å². The number of furan rings is 1. The molecule has 3 heterocycles. The summed E-state index contributed by atoms with van der Waals surface area (Å²) in [5, 5.41) is 7.48. The van der Waals surface area contributed by atoms with E-state index in [1.54, 1.807) is 6.26 Å². The lowest BCUT2D eigenvalue weighted by atomic mass is 9.85. The Labute approximate surface area is 118 Å².